The monoisotopic (exact) mass is 404 g/mol. The summed E-state index contributed by atoms with van der Waals surface area (Å²) in [6, 6.07) is 16.8. The second-order valence-corrected chi connectivity index (χ2v) is 7.23. The Hall–Kier alpha value is -3.21. The summed E-state index contributed by atoms with van der Waals surface area (Å²) in [7, 11) is 0. The summed E-state index contributed by atoms with van der Waals surface area (Å²) in [6.45, 7) is 1.96. The maximum atomic E-state index is 9.10. The number of hydrogen-bond acceptors (Lipinski definition) is 6. The topological polar surface area (TPSA) is 80.3 Å². The fraction of sp³-hybridized carbons (Fsp3) is 0.0500. The van der Waals surface area contributed by atoms with E-state index < -0.39 is 0 Å². The molecule has 0 unspecified atom stereocenters. The molecule has 0 aliphatic heterocycles. The standard InChI is InChI=1S/C20H13ClN6S/c1-13-16(21)5-3-6-17(13)27-19(14-8-10-23-11-9-14)25-26-20(27)28-18-7-2-4-15(12-22)24-18/h2-11H,1H3. The van der Waals surface area contributed by atoms with E-state index in [1.54, 1.807) is 24.5 Å². The number of halogens is 1. The first kappa shape index (κ1) is 18.2. The highest BCUT2D eigenvalue weighted by molar-refractivity contribution is 7.99. The highest BCUT2D eigenvalue weighted by Gasteiger charge is 2.19. The van der Waals surface area contributed by atoms with Crippen molar-refractivity contribution in [2.24, 2.45) is 0 Å². The number of hydrogen-bond donors (Lipinski definition) is 0. The molecule has 0 atom stereocenters. The average molecular weight is 405 g/mol. The van der Waals surface area contributed by atoms with Gasteiger partial charge in [0.1, 0.15) is 16.8 Å². The van der Waals surface area contributed by atoms with Crippen molar-refractivity contribution in [3.05, 3.63) is 77.2 Å². The largest absolute Gasteiger partial charge is 0.269 e. The molecule has 28 heavy (non-hydrogen) atoms. The van der Waals surface area contributed by atoms with Crippen molar-refractivity contribution in [1.82, 2.24) is 24.7 Å². The summed E-state index contributed by atoms with van der Waals surface area (Å²) in [6.07, 6.45) is 3.42. The number of nitriles is 1. The van der Waals surface area contributed by atoms with Crippen molar-refractivity contribution in [1.29, 1.82) is 5.26 Å². The second kappa shape index (κ2) is 7.80. The van der Waals surface area contributed by atoms with Gasteiger partial charge in [-0.25, -0.2) is 4.98 Å². The summed E-state index contributed by atoms with van der Waals surface area (Å²) < 4.78 is 1.95. The van der Waals surface area contributed by atoms with Crippen LogP contribution in [0.1, 0.15) is 11.3 Å². The zero-order valence-electron chi connectivity index (χ0n) is 14.7. The fourth-order valence-electron chi connectivity index (χ4n) is 2.71. The minimum absolute atomic E-state index is 0.351. The molecule has 8 heteroatoms. The maximum absolute atomic E-state index is 9.10. The molecule has 0 bridgehead atoms. The minimum Gasteiger partial charge on any atom is -0.269 e. The molecule has 4 aromatic rings. The third-order valence-corrected chi connectivity index (χ3v) is 5.38. The molecule has 0 fully saturated rings. The van der Waals surface area contributed by atoms with Gasteiger partial charge in [0.25, 0.3) is 0 Å². The van der Waals surface area contributed by atoms with E-state index in [9.17, 15) is 0 Å². The van der Waals surface area contributed by atoms with Crippen LogP contribution in [0.5, 0.6) is 0 Å². The van der Waals surface area contributed by atoms with Gasteiger partial charge in [-0.3, -0.25) is 9.55 Å². The van der Waals surface area contributed by atoms with Crippen molar-refractivity contribution < 1.29 is 0 Å². The van der Waals surface area contributed by atoms with E-state index >= 15 is 0 Å². The SMILES string of the molecule is Cc1c(Cl)cccc1-n1c(Sc2cccc(C#N)n2)nnc1-c1ccncc1. The molecule has 0 N–H and O–H groups in total. The molecule has 0 saturated heterocycles. The zero-order valence-corrected chi connectivity index (χ0v) is 16.3. The molecule has 6 nitrogen and oxygen atoms in total. The molecule has 3 heterocycles. The molecule has 4 rings (SSSR count). The number of aromatic nitrogens is 5. The normalized spacial score (nSPS) is 10.6. The van der Waals surface area contributed by atoms with Gasteiger partial charge in [0.2, 0.25) is 5.16 Å². The quantitative estimate of drug-likeness (QED) is 0.490. The molecule has 3 aromatic heterocycles. The van der Waals surface area contributed by atoms with Gasteiger partial charge in [-0.2, -0.15) is 5.26 Å². The first-order valence-electron chi connectivity index (χ1n) is 8.33. The van der Waals surface area contributed by atoms with Gasteiger partial charge in [-0.05, 0) is 60.6 Å². The van der Waals surface area contributed by atoms with Crippen molar-refractivity contribution in [3.63, 3.8) is 0 Å². The summed E-state index contributed by atoms with van der Waals surface area (Å²) in [4.78, 5) is 8.40. The smallest absolute Gasteiger partial charge is 0.202 e. The van der Waals surface area contributed by atoms with Gasteiger partial charge in [0, 0.05) is 23.0 Å². The molecule has 0 amide bonds. The summed E-state index contributed by atoms with van der Waals surface area (Å²) in [5.74, 6) is 0.673. The minimum atomic E-state index is 0.351. The molecular formula is C20H13ClN6S. The van der Waals surface area contributed by atoms with Crippen LogP contribution in [0.15, 0.2) is 71.1 Å². The van der Waals surface area contributed by atoms with Gasteiger partial charge in [-0.15, -0.1) is 10.2 Å². The van der Waals surface area contributed by atoms with E-state index in [1.165, 1.54) is 11.8 Å². The van der Waals surface area contributed by atoms with Gasteiger partial charge >= 0.3 is 0 Å². The van der Waals surface area contributed by atoms with Gasteiger partial charge in [0.15, 0.2) is 5.82 Å². The van der Waals surface area contributed by atoms with Crippen LogP contribution in [0.25, 0.3) is 17.1 Å². The van der Waals surface area contributed by atoms with Crippen molar-refractivity contribution in [2.75, 3.05) is 0 Å². The Kier molecular flexibility index (Phi) is 5.06. The molecule has 0 aliphatic rings. The predicted molar refractivity (Wildman–Crippen MR) is 107 cm³/mol. The lowest BCUT2D eigenvalue weighted by Crippen LogP contribution is -2.02. The predicted octanol–water partition coefficient (Wildman–Crippen LogP) is 4.71. The second-order valence-electron chi connectivity index (χ2n) is 5.84. The maximum Gasteiger partial charge on any atom is 0.202 e. The molecular weight excluding hydrogens is 392 g/mol. The first-order valence-corrected chi connectivity index (χ1v) is 9.53. The molecule has 0 spiro atoms. The number of benzene rings is 1. The zero-order chi connectivity index (χ0) is 19.5. The van der Waals surface area contributed by atoms with Crippen LogP contribution in [0.2, 0.25) is 5.02 Å². The lowest BCUT2D eigenvalue weighted by atomic mass is 10.2. The molecule has 0 aliphatic carbocycles. The van der Waals surface area contributed by atoms with Crippen LogP contribution < -0.4 is 0 Å². The Morgan fingerprint density at radius 3 is 2.61 bits per heavy atom. The van der Waals surface area contributed by atoms with Crippen molar-refractivity contribution >= 4 is 23.4 Å². The molecule has 136 valence electrons. The van der Waals surface area contributed by atoms with E-state index in [4.69, 9.17) is 16.9 Å². The third kappa shape index (κ3) is 3.48. The van der Waals surface area contributed by atoms with Crippen LogP contribution in [-0.4, -0.2) is 24.7 Å². The Morgan fingerprint density at radius 1 is 1.04 bits per heavy atom. The van der Waals surface area contributed by atoms with Crippen molar-refractivity contribution in [3.8, 4) is 23.1 Å². The van der Waals surface area contributed by atoms with E-state index in [2.05, 4.69) is 26.2 Å². The lowest BCUT2D eigenvalue weighted by Gasteiger charge is -2.13. The highest BCUT2D eigenvalue weighted by atomic mass is 35.5. The van der Waals surface area contributed by atoms with Gasteiger partial charge < -0.3 is 0 Å². The van der Waals surface area contributed by atoms with Crippen LogP contribution in [0.4, 0.5) is 0 Å². The van der Waals surface area contributed by atoms with E-state index in [0.717, 1.165) is 16.8 Å². The lowest BCUT2D eigenvalue weighted by molar-refractivity contribution is 0.877. The Labute approximate surface area is 170 Å². The van der Waals surface area contributed by atoms with Crippen LogP contribution >= 0.6 is 23.4 Å². The fourth-order valence-corrected chi connectivity index (χ4v) is 3.71. The number of rotatable bonds is 4. The summed E-state index contributed by atoms with van der Waals surface area (Å²) in [5, 5.41) is 19.8. The molecule has 0 saturated carbocycles. The number of pyridine rings is 2. The van der Waals surface area contributed by atoms with Gasteiger partial charge in [0.05, 0.1) is 5.69 Å². The van der Waals surface area contributed by atoms with Crippen LogP contribution in [0, 0.1) is 18.3 Å². The average Bonchev–Trinajstić information content (AvgIpc) is 3.14. The summed E-state index contributed by atoms with van der Waals surface area (Å²) in [5.41, 5.74) is 3.03. The molecule has 1 aromatic carbocycles. The van der Waals surface area contributed by atoms with Gasteiger partial charge in [-0.1, -0.05) is 23.7 Å². The van der Waals surface area contributed by atoms with E-state index in [1.807, 2.05) is 47.9 Å². The highest BCUT2D eigenvalue weighted by Crippen LogP contribution is 2.33. The van der Waals surface area contributed by atoms with Crippen molar-refractivity contribution in [2.45, 2.75) is 17.1 Å². The van der Waals surface area contributed by atoms with Crippen LogP contribution in [0.3, 0.4) is 0 Å². The Bertz CT molecular complexity index is 1180. The number of nitrogens with zero attached hydrogens (tertiary/aromatic N) is 6. The van der Waals surface area contributed by atoms with Crippen LogP contribution in [-0.2, 0) is 0 Å². The Balaban J connectivity index is 1.89. The first-order chi connectivity index (χ1) is 13.7. The van der Waals surface area contributed by atoms with E-state index in [-0.39, 0.29) is 0 Å². The Morgan fingerprint density at radius 2 is 1.82 bits per heavy atom. The third-order valence-electron chi connectivity index (χ3n) is 4.09. The molecule has 0 radical (unpaired) electrons. The van der Waals surface area contributed by atoms with E-state index in [0.29, 0.717) is 26.7 Å². The summed E-state index contributed by atoms with van der Waals surface area (Å²) >= 11 is 7.70.